The van der Waals surface area contributed by atoms with Crippen molar-refractivity contribution >= 4 is 50.9 Å². The number of aromatic nitrogens is 2. The van der Waals surface area contributed by atoms with Gasteiger partial charge in [-0.3, -0.25) is 0 Å². The monoisotopic (exact) mass is 337 g/mol. The minimum Gasteiger partial charge on any atom is -0.372 e. The highest BCUT2D eigenvalue weighted by Crippen LogP contribution is 2.41. The van der Waals surface area contributed by atoms with Crippen LogP contribution >= 0.6 is 34.9 Å². The lowest BCUT2D eigenvalue weighted by molar-refractivity contribution is 0.700. The van der Waals surface area contributed by atoms with E-state index in [4.69, 9.17) is 9.97 Å². The van der Waals surface area contributed by atoms with Crippen LogP contribution in [0.1, 0.15) is 34.4 Å². The molecule has 1 N–H and O–H groups in total. The summed E-state index contributed by atoms with van der Waals surface area (Å²) in [5.41, 5.74) is 1.52. The van der Waals surface area contributed by atoms with Gasteiger partial charge in [0.1, 0.15) is 16.5 Å². The Bertz CT molecular complexity index is 662. The fourth-order valence-electron chi connectivity index (χ4n) is 3.14. The highest BCUT2D eigenvalue weighted by atomic mass is 32.2. The summed E-state index contributed by atoms with van der Waals surface area (Å²) in [6, 6.07) is 0. The summed E-state index contributed by atoms with van der Waals surface area (Å²) < 4.78 is 0. The zero-order valence-corrected chi connectivity index (χ0v) is 14.6. The maximum atomic E-state index is 4.95. The van der Waals surface area contributed by atoms with E-state index in [0.29, 0.717) is 5.25 Å². The summed E-state index contributed by atoms with van der Waals surface area (Å²) >= 11 is 5.94. The number of anilines is 1. The summed E-state index contributed by atoms with van der Waals surface area (Å²) in [4.78, 5) is 12.6. The van der Waals surface area contributed by atoms with Crippen LogP contribution in [0.3, 0.4) is 0 Å². The number of rotatable bonds is 2. The van der Waals surface area contributed by atoms with Gasteiger partial charge in [-0.2, -0.15) is 11.8 Å². The predicted molar refractivity (Wildman–Crippen MR) is 96.1 cm³/mol. The van der Waals surface area contributed by atoms with E-state index in [1.807, 2.05) is 41.9 Å². The molecule has 2 aromatic heterocycles. The van der Waals surface area contributed by atoms with Crippen LogP contribution < -0.4 is 5.32 Å². The lowest BCUT2D eigenvalue weighted by Crippen LogP contribution is -2.11. The number of thioether (sulfide) groups is 2. The molecule has 1 fully saturated rings. The average molecular weight is 338 g/mol. The molecule has 1 unspecified atom stereocenters. The standard InChI is InChI=1S/C15H19N3S3/c1-16-14-12-9-4-2-3-5-10(9)21-15(12)18-13(17-14)11-8-19-6-7-20-11/h11H,2-8H2,1H3,(H,16,17,18). The highest BCUT2D eigenvalue weighted by Gasteiger charge is 2.24. The van der Waals surface area contributed by atoms with Gasteiger partial charge in [-0.15, -0.1) is 23.1 Å². The summed E-state index contributed by atoms with van der Waals surface area (Å²) in [5, 5.41) is 5.08. The quantitative estimate of drug-likeness (QED) is 0.892. The molecule has 3 nitrogen and oxygen atoms in total. The fourth-order valence-corrected chi connectivity index (χ4v) is 7.00. The van der Waals surface area contributed by atoms with Gasteiger partial charge in [0.2, 0.25) is 0 Å². The third kappa shape index (κ3) is 2.55. The van der Waals surface area contributed by atoms with E-state index in [0.717, 1.165) is 17.4 Å². The van der Waals surface area contributed by atoms with E-state index in [9.17, 15) is 0 Å². The molecule has 0 bridgehead atoms. The molecular weight excluding hydrogens is 318 g/mol. The number of nitrogens with zero attached hydrogens (tertiary/aromatic N) is 2. The molecule has 2 aromatic rings. The van der Waals surface area contributed by atoms with Gasteiger partial charge in [0.05, 0.1) is 10.6 Å². The Kier molecular flexibility index (Phi) is 4.02. The van der Waals surface area contributed by atoms with Gasteiger partial charge >= 0.3 is 0 Å². The summed E-state index contributed by atoms with van der Waals surface area (Å²) in [6.07, 6.45) is 5.05. The first kappa shape index (κ1) is 14.2. The van der Waals surface area contributed by atoms with Crippen molar-refractivity contribution < 1.29 is 0 Å². The van der Waals surface area contributed by atoms with Gasteiger partial charge < -0.3 is 5.32 Å². The molecule has 21 heavy (non-hydrogen) atoms. The lowest BCUT2D eigenvalue weighted by Gasteiger charge is -2.20. The highest BCUT2D eigenvalue weighted by molar-refractivity contribution is 8.06. The second-order valence-electron chi connectivity index (χ2n) is 5.51. The van der Waals surface area contributed by atoms with Gasteiger partial charge in [0.25, 0.3) is 0 Å². The van der Waals surface area contributed by atoms with Crippen LogP contribution in [-0.2, 0) is 12.8 Å². The van der Waals surface area contributed by atoms with Crippen molar-refractivity contribution in [2.45, 2.75) is 30.9 Å². The van der Waals surface area contributed by atoms with Crippen molar-refractivity contribution in [3.05, 3.63) is 16.3 Å². The molecule has 0 spiro atoms. The maximum absolute atomic E-state index is 4.95. The molecular formula is C15H19N3S3. The predicted octanol–water partition coefficient (Wildman–Crippen LogP) is 4.13. The number of hydrogen-bond donors (Lipinski definition) is 1. The Hall–Kier alpha value is -0.460. The van der Waals surface area contributed by atoms with Crippen molar-refractivity contribution in [3.8, 4) is 0 Å². The Balaban J connectivity index is 1.83. The Labute approximate surface area is 137 Å². The van der Waals surface area contributed by atoms with Crippen molar-refractivity contribution in [1.82, 2.24) is 9.97 Å². The smallest absolute Gasteiger partial charge is 0.146 e. The van der Waals surface area contributed by atoms with Gasteiger partial charge in [0, 0.05) is 29.2 Å². The number of nitrogens with one attached hydrogen (secondary N) is 1. The molecule has 0 radical (unpaired) electrons. The van der Waals surface area contributed by atoms with Crippen molar-refractivity contribution in [1.29, 1.82) is 0 Å². The van der Waals surface area contributed by atoms with E-state index >= 15 is 0 Å². The Morgan fingerprint density at radius 3 is 2.86 bits per heavy atom. The number of hydrogen-bond acceptors (Lipinski definition) is 6. The zero-order chi connectivity index (χ0) is 14.2. The summed E-state index contributed by atoms with van der Waals surface area (Å²) in [7, 11) is 1.99. The minimum atomic E-state index is 0.458. The third-order valence-electron chi connectivity index (χ3n) is 4.17. The van der Waals surface area contributed by atoms with E-state index in [2.05, 4.69) is 5.32 Å². The molecule has 112 valence electrons. The maximum Gasteiger partial charge on any atom is 0.146 e. The number of thiophene rings is 1. The molecule has 1 saturated heterocycles. The summed E-state index contributed by atoms with van der Waals surface area (Å²) in [6.45, 7) is 0. The fraction of sp³-hybridized carbons (Fsp3) is 0.600. The van der Waals surface area contributed by atoms with E-state index in [1.165, 1.54) is 53.0 Å². The first-order valence-corrected chi connectivity index (χ1v) is 10.6. The summed E-state index contributed by atoms with van der Waals surface area (Å²) in [5.74, 6) is 5.69. The van der Waals surface area contributed by atoms with Gasteiger partial charge in [-0.05, 0) is 31.2 Å². The SMILES string of the molecule is CNc1nc(C2CSCCS2)nc2sc3c(c12)CCCC3. The van der Waals surface area contributed by atoms with Crippen molar-refractivity contribution in [2.24, 2.45) is 0 Å². The molecule has 2 aliphatic rings. The Morgan fingerprint density at radius 1 is 1.14 bits per heavy atom. The van der Waals surface area contributed by atoms with Crippen molar-refractivity contribution in [2.75, 3.05) is 29.6 Å². The van der Waals surface area contributed by atoms with E-state index < -0.39 is 0 Å². The molecule has 0 saturated carbocycles. The largest absolute Gasteiger partial charge is 0.372 e. The molecule has 1 aliphatic heterocycles. The van der Waals surface area contributed by atoms with Crippen LogP contribution in [0.4, 0.5) is 5.82 Å². The van der Waals surface area contributed by atoms with Crippen LogP contribution in [0.2, 0.25) is 0 Å². The van der Waals surface area contributed by atoms with E-state index in [-0.39, 0.29) is 0 Å². The second-order valence-corrected chi connectivity index (χ2v) is 9.05. The number of aryl methyl sites for hydroxylation is 2. The van der Waals surface area contributed by atoms with Crippen LogP contribution in [-0.4, -0.2) is 34.3 Å². The van der Waals surface area contributed by atoms with Crippen LogP contribution in [0.25, 0.3) is 10.2 Å². The van der Waals surface area contributed by atoms with Gasteiger partial charge in [0.15, 0.2) is 0 Å². The average Bonchev–Trinajstić information content (AvgIpc) is 2.93. The first-order valence-electron chi connectivity index (χ1n) is 7.56. The van der Waals surface area contributed by atoms with Gasteiger partial charge in [-0.25, -0.2) is 9.97 Å². The molecule has 0 aromatic carbocycles. The topological polar surface area (TPSA) is 37.8 Å². The van der Waals surface area contributed by atoms with Gasteiger partial charge in [-0.1, -0.05) is 0 Å². The number of fused-ring (bicyclic) bond motifs is 3. The second kappa shape index (κ2) is 5.97. The van der Waals surface area contributed by atoms with E-state index in [1.54, 1.807) is 4.88 Å². The molecule has 1 aliphatic carbocycles. The first-order chi connectivity index (χ1) is 10.4. The molecule has 0 amide bonds. The lowest BCUT2D eigenvalue weighted by atomic mass is 9.97. The van der Waals surface area contributed by atoms with Crippen LogP contribution in [0.5, 0.6) is 0 Å². The molecule has 4 rings (SSSR count). The molecule has 6 heteroatoms. The third-order valence-corrected chi connectivity index (χ3v) is 8.11. The Morgan fingerprint density at radius 2 is 2.05 bits per heavy atom. The van der Waals surface area contributed by atoms with Crippen LogP contribution in [0.15, 0.2) is 0 Å². The molecule has 1 atom stereocenters. The normalized spacial score (nSPS) is 22.2. The van der Waals surface area contributed by atoms with Crippen molar-refractivity contribution in [3.63, 3.8) is 0 Å². The van der Waals surface area contributed by atoms with Crippen LogP contribution in [0, 0.1) is 0 Å². The minimum absolute atomic E-state index is 0.458. The zero-order valence-electron chi connectivity index (χ0n) is 12.1. The molecule has 3 heterocycles.